The Bertz CT molecular complexity index is 606. The molecule has 0 spiro atoms. The fraction of sp³-hybridized carbons (Fsp3) is 0.909. The molecule has 0 aromatic heterocycles. The summed E-state index contributed by atoms with van der Waals surface area (Å²) in [4.78, 5) is 39.3. The monoisotopic (exact) mass is 460 g/mol. The summed E-state index contributed by atoms with van der Waals surface area (Å²) in [6, 6.07) is 0. The van der Waals surface area contributed by atoms with Crippen molar-refractivity contribution in [1.29, 1.82) is 0 Å². The molecule has 0 heterocycles. The van der Waals surface area contributed by atoms with E-state index in [0.29, 0.717) is 58.0 Å². The maximum atomic E-state index is 12.6. The molecule has 3 aliphatic carbocycles. The van der Waals surface area contributed by atoms with Gasteiger partial charge in [0.05, 0.1) is 43.4 Å². The third-order valence-electron chi connectivity index (χ3n) is 7.23. The Labute approximate surface area is 187 Å². The number of carbonyl (C=O) groups is 2. The van der Waals surface area contributed by atoms with E-state index in [1.54, 1.807) is 0 Å². The molecule has 6 unspecified atom stereocenters. The number of rotatable bonds is 9. The van der Waals surface area contributed by atoms with Gasteiger partial charge in [0, 0.05) is 0 Å². The molecule has 0 saturated heterocycles. The van der Waals surface area contributed by atoms with Crippen LogP contribution in [-0.2, 0) is 29.0 Å². The Kier molecular flexibility index (Phi) is 9.69. The number of hydrogen-bond donors (Lipinski definition) is 4. The van der Waals surface area contributed by atoms with Crippen molar-refractivity contribution in [3.8, 4) is 0 Å². The molecule has 10 nitrogen and oxygen atoms in total. The average molecular weight is 461 g/mol. The third-order valence-corrected chi connectivity index (χ3v) is 7.23. The molecule has 0 aliphatic heterocycles. The van der Waals surface area contributed by atoms with Gasteiger partial charge in [0.15, 0.2) is 0 Å². The number of carboxylic acid groups (broad SMARTS) is 1. The van der Waals surface area contributed by atoms with Crippen LogP contribution in [0.25, 0.3) is 0 Å². The summed E-state index contributed by atoms with van der Waals surface area (Å²) < 4.78 is 5.60. The van der Waals surface area contributed by atoms with Gasteiger partial charge in [-0.05, 0) is 76.0 Å². The second-order valence-corrected chi connectivity index (χ2v) is 9.52. The third kappa shape index (κ3) is 7.10. The van der Waals surface area contributed by atoms with Crippen LogP contribution in [0.5, 0.6) is 0 Å². The lowest BCUT2D eigenvalue weighted by atomic mass is 9.78. The molecule has 0 amide bonds. The lowest BCUT2D eigenvalue weighted by Crippen LogP contribution is -2.40. The molecule has 10 heteroatoms. The Morgan fingerprint density at radius 3 is 2.09 bits per heavy atom. The highest BCUT2D eigenvalue weighted by atomic mass is 17.2. The largest absolute Gasteiger partial charge is 0.481 e. The van der Waals surface area contributed by atoms with Crippen molar-refractivity contribution in [1.82, 2.24) is 0 Å². The molecule has 4 N–H and O–H groups in total. The first-order valence-corrected chi connectivity index (χ1v) is 11.7. The van der Waals surface area contributed by atoms with E-state index < -0.39 is 29.9 Å². The normalized spacial score (nSPS) is 38.2. The van der Waals surface area contributed by atoms with Gasteiger partial charge in [-0.15, -0.1) is 0 Å². The first-order valence-electron chi connectivity index (χ1n) is 11.7. The molecule has 32 heavy (non-hydrogen) atoms. The minimum atomic E-state index is -1.07. The maximum Gasteiger partial charge on any atom is 0.310 e. The Morgan fingerprint density at radius 1 is 0.750 bits per heavy atom. The number of carbonyl (C=O) groups excluding carboxylic acids is 1. The van der Waals surface area contributed by atoms with Crippen molar-refractivity contribution in [3.63, 3.8) is 0 Å². The van der Waals surface area contributed by atoms with Crippen LogP contribution in [-0.4, -0.2) is 70.1 Å². The second-order valence-electron chi connectivity index (χ2n) is 9.52. The Balaban J connectivity index is 1.36. The van der Waals surface area contributed by atoms with E-state index in [0.717, 1.165) is 6.42 Å². The zero-order valence-corrected chi connectivity index (χ0v) is 18.3. The molecule has 3 rings (SSSR count). The number of carboxylic acids is 1. The minimum absolute atomic E-state index is 0.0121. The standard InChI is InChI=1S/C22H36O10/c23-15-2-1-13(14(9-15)11-29-28)12-30-32-18-6-4-17(5-7-18)31-22(27)19-8-3-16(24)10-20(19)21(25)26/h13-20,23-24,28H,1-12H2,(H,25,26). The van der Waals surface area contributed by atoms with Gasteiger partial charge in [-0.25, -0.2) is 14.7 Å². The SMILES string of the molecule is O=C(O)C1CC(O)CCC1C(=O)OC1CCC(OOCC2CCC(O)CC2COO)CC1. The molecule has 3 fully saturated rings. The van der Waals surface area contributed by atoms with Crippen molar-refractivity contribution in [2.75, 3.05) is 13.2 Å². The van der Waals surface area contributed by atoms with Crippen molar-refractivity contribution in [3.05, 3.63) is 0 Å². The average Bonchev–Trinajstić information content (AvgIpc) is 2.76. The molecule has 3 saturated carbocycles. The molecular weight excluding hydrogens is 424 g/mol. The highest BCUT2D eigenvalue weighted by molar-refractivity contribution is 5.81. The molecule has 0 aromatic carbocycles. The summed E-state index contributed by atoms with van der Waals surface area (Å²) in [5.41, 5.74) is 0. The lowest BCUT2D eigenvalue weighted by Gasteiger charge is -2.34. The molecule has 184 valence electrons. The van der Waals surface area contributed by atoms with Crippen molar-refractivity contribution < 1.29 is 49.6 Å². The van der Waals surface area contributed by atoms with Crippen LogP contribution in [0.2, 0.25) is 0 Å². The van der Waals surface area contributed by atoms with Gasteiger partial charge in [0.25, 0.3) is 0 Å². The smallest absolute Gasteiger partial charge is 0.310 e. The van der Waals surface area contributed by atoms with Crippen LogP contribution >= 0.6 is 0 Å². The molecule has 0 radical (unpaired) electrons. The van der Waals surface area contributed by atoms with Crippen molar-refractivity contribution in [2.45, 2.75) is 88.6 Å². The summed E-state index contributed by atoms with van der Waals surface area (Å²) in [7, 11) is 0. The zero-order valence-electron chi connectivity index (χ0n) is 18.3. The van der Waals surface area contributed by atoms with E-state index >= 15 is 0 Å². The molecule has 6 atom stereocenters. The topological polar surface area (TPSA) is 152 Å². The molecular formula is C22H36O10. The van der Waals surface area contributed by atoms with E-state index in [4.69, 9.17) is 19.8 Å². The Hall–Kier alpha value is -1.30. The quantitative estimate of drug-likeness (QED) is 0.228. The fourth-order valence-corrected chi connectivity index (χ4v) is 5.25. The summed E-state index contributed by atoms with van der Waals surface area (Å²) in [5.74, 6) is -3.02. The van der Waals surface area contributed by atoms with E-state index in [2.05, 4.69) is 4.89 Å². The number of ether oxygens (including phenoxy) is 1. The summed E-state index contributed by atoms with van der Waals surface area (Å²) in [6.45, 7) is 0.518. The highest BCUT2D eigenvalue weighted by Gasteiger charge is 2.41. The highest BCUT2D eigenvalue weighted by Crippen LogP contribution is 2.34. The van der Waals surface area contributed by atoms with E-state index in [1.165, 1.54) is 0 Å². The summed E-state index contributed by atoms with van der Waals surface area (Å²) in [5, 5.41) is 37.6. The number of hydrogen-bond acceptors (Lipinski definition) is 9. The van der Waals surface area contributed by atoms with Gasteiger partial charge < -0.3 is 20.1 Å². The van der Waals surface area contributed by atoms with Crippen LogP contribution in [0, 0.1) is 23.7 Å². The first kappa shape index (κ1) is 25.3. The predicted molar refractivity (Wildman–Crippen MR) is 109 cm³/mol. The van der Waals surface area contributed by atoms with Gasteiger partial charge in [0.1, 0.15) is 6.10 Å². The van der Waals surface area contributed by atoms with E-state index in [1.807, 2.05) is 0 Å². The van der Waals surface area contributed by atoms with Crippen LogP contribution in [0.4, 0.5) is 0 Å². The second kappa shape index (κ2) is 12.2. The minimum Gasteiger partial charge on any atom is -0.481 e. The fourth-order valence-electron chi connectivity index (χ4n) is 5.25. The van der Waals surface area contributed by atoms with Crippen LogP contribution in [0.1, 0.15) is 64.2 Å². The predicted octanol–water partition coefficient (Wildman–Crippen LogP) is 1.92. The van der Waals surface area contributed by atoms with Gasteiger partial charge in [-0.3, -0.25) is 14.8 Å². The lowest BCUT2D eigenvalue weighted by molar-refractivity contribution is -0.340. The molecule has 0 bridgehead atoms. The van der Waals surface area contributed by atoms with Gasteiger partial charge in [-0.2, -0.15) is 0 Å². The van der Waals surface area contributed by atoms with E-state index in [-0.39, 0.29) is 43.2 Å². The number of aliphatic hydroxyl groups is 2. The summed E-state index contributed by atoms with van der Waals surface area (Å²) >= 11 is 0. The number of aliphatic carboxylic acids is 1. The van der Waals surface area contributed by atoms with Crippen LogP contribution in [0.3, 0.4) is 0 Å². The van der Waals surface area contributed by atoms with Gasteiger partial charge >= 0.3 is 11.9 Å². The van der Waals surface area contributed by atoms with Crippen molar-refractivity contribution >= 4 is 11.9 Å². The first-order chi connectivity index (χ1) is 15.4. The zero-order chi connectivity index (χ0) is 23.1. The molecule has 0 aromatic rings. The van der Waals surface area contributed by atoms with Gasteiger partial charge in [-0.1, -0.05) is 0 Å². The number of aliphatic hydroxyl groups excluding tert-OH is 2. The van der Waals surface area contributed by atoms with Crippen molar-refractivity contribution in [2.24, 2.45) is 23.7 Å². The molecule has 3 aliphatic rings. The summed E-state index contributed by atoms with van der Waals surface area (Å²) in [6.07, 6.45) is 3.96. The van der Waals surface area contributed by atoms with E-state index in [9.17, 15) is 24.9 Å². The van der Waals surface area contributed by atoms with Crippen LogP contribution in [0.15, 0.2) is 0 Å². The number of esters is 1. The van der Waals surface area contributed by atoms with Gasteiger partial charge in [0.2, 0.25) is 0 Å². The Morgan fingerprint density at radius 2 is 1.41 bits per heavy atom. The maximum absolute atomic E-state index is 12.6. The van der Waals surface area contributed by atoms with Crippen LogP contribution < -0.4 is 0 Å².